The Morgan fingerprint density at radius 3 is 2.59 bits per heavy atom. The fraction of sp³-hybridized carbons (Fsp3) is 0.571. The Labute approximate surface area is 105 Å². The number of likely N-dealkylation sites (N-methyl/N-ethyl adjacent to an activating group) is 2. The zero-order valence-corrected chi connectivity index (χ0v) is 11.4. The molecule has 0 atom stereocenters. The van der Waals surface area contributed by atoms with E-state index in [9.17, 15) is 0 Å². The predicted molar refractivity (Wildman–Crippen MR) is 72.9 cm³/mol. The van der Waals surface area contributed by atoms with Crippen LogP contribution in [0.4, 0.5) is 0 Å². The van der Waals surface area contributed by atoms with Gasteiger partial charge in [0.05, 0.1) is 7.11 Å². The largest absolute Gasteiger partial charge is 0.496 e. The monoisotopic (exact) mass is 236 g/mol. The van der Waals surface area contributed by atoms with Gasteiger partial charge in [-0.15, -0.1) is 0 Å². The van der Waals surface area contributed by atoms with Gasteiger partial charge >= 0.3 is 0 Å². The second-order valence-electron chi connectivity index (χ2n) is 4.55. The van der Waals surface area contributed by atoms with E-state index in [0.717, 1.165) is 31.7 Å². The van der Waals surface area contributed by atoms with Crippen molar-refractivity contribution in [3.63, 3.8) is 0 Å². The van der Waals surface area contributed by atoms with Gasteiger partial charge in [0.15, 0.2) is 0 Å². The fourth-order valence-corrected chi connectivity index (χ4v) is 1.80. The summed E-state index contributed by atoms with van der Waals surface area (Å²) in [6, 6.07) is 6.50. The number of hydrogen-bond donors (Lipinski definition) is 1. The van der Waals surface area contributed by atoms with Crippen molar-refractivity contribution in [3.05, 3.63) is 29.3 Å². The van der Waals surface area contributed by atoms with Gasteiger partial charge in [-0.1, -0.05) is 12.1 Å². The van der Waals surface area contributed by atoms with Gasteiger partial charge in [0.2, 0.25) is 0 Å². The number of ether oxygens (including phenoxy) is 1. The molecular weight excluding hydrogens is 212 g/mol. The van der Waals surface area contributed by atoms with Gasteiger partial charge in [-0.25, -0.2) is 0 Å². The van der Waals surface area contributed by atoms with Crippen LogP contribution in [0.25, 0.3) is 0 Å². The van der Waals surface area contributed by atoms with Crippen molar-refractivity contribution in [3.8, 4) is 5.75 Å². The molecule has 0 saturated heterocycles. The van der Waals surface area contributed by atoms with Crippen LogP contribution in [0.2, 0.25) is 0 Å². The number of nitrogens with zero attached hydrogens (tertiary/aromatic N) is 1. The minimum absolute atomic E-state index is 0.980. The second-order valence-corrected chi connectivity index (χ2v) is 4.55. The van der Waals surface area contributed by atoms with Crippen molar-refractivity contribution < 1.29 is 4.74 Å². The van der Waals surface area contributed by atoms with E-state index in [1.54, 1.807) is 7.11 Å². The van der Waals surface area contributed by atoms with Crippen LogP contribution in [0, 0.1) is 0 Å². The third kappa shape index (κ3) is 4.75. The highest BCUT2D eigenvalue weighted by atomic mass is 16.5. The Hall–Kier alpha value is -1.06. The van der Waals surface area contributed by atoms with Crippen molar-refractivity contribution in [2.24, 2.45) is 0 Å². The van der Waals surface area contributed by atoms with Gasteiger partial charge in [-0.2, -0.15) is 0 Å². The normalized spacial score (nSPS) is 10.9. The van der Waals surface area contributed by atoms with E-state index < -0.39 is 0 Å². The Morgan fingerprint density at radius 1 is 1.24 bits per heavy atom. The average Bonchev–Trinajstić information content (AvgIpc) is 2.33. The molecule has 0 radical (unpaired) electrons. The molecule has 1 rings (SSSR count). The third-order valence-electron chi connectivity index (χ3n) is 2.84. The third-order valence-corrected chi connectivity index (χ3v) is 2.84. The Bertz CT molecular complexity index is 337. The van der Waals surface area contributed by atoms with Crippen LogP contribution in [0.3, 0.4) is 0 Å². The average molecular weight is 236 g/mol. The molecule has 0 saturated carbocycles. The topological polar surface area (TPSA) is 24.5 Å². The first-order valence-corrected chi connectivity index (χ1v) is 6.12. The summed E-state index contributed by atoms with van der Waals surface area (Å²) in [5.74, 6) is 0.994. The molecule has 1 aromatic rings. The number of methoxy groups -OCH3 is 1. The van der Waals surface area contributed by atoms with E-state index in [2.05, 4.69) is 42.5 Å². The van der Waals surface area contributed by atoms with Gasteiger partial charge in [0.1, 0.15) is 5.75 Å². The minimum Gasteiger partial charge on any atom is -0.496 e. The SMILES string of the molecule is CNCCc1cc(CCN(C)C)ccc1OC. The molecule has 0 aromatic heterocycles. The summed E-state index contributed by atoms with van der Waals surface area (Å²) in [6.07, 6.45) is 2.10. The molecular formula is C14H24N2O. The van der Waals surface area contributed by atoms with Crippen molar-refractivity contribution in [2.75, 3.05) is 41.3 Å². The standard InChI is InChI=1S/C14H24N2O/c1-15-9-7-13-11-12(8-10-16(2)3)5-6-14(13)17-4/h5-6,11,15H,7-10H2,1-4H3. The van der Waals surface area contributed by atoms with Crippen LogP contribution in [-0.4, -0.2) is 46.2 Å². The maximum Gasteiger partial charge on any atom is 0.122 e. The minimum atomic E-state index is 0.980. The smallest absolute Gasteiger partial charge is 0.122 e. The van der Waals surface area contributed by atoms with Crippen LogP contribution in [0.1, 0.15) is 11.1 Å². The van der Waals surface area contributed by atoms with Crippen LogP contribution in [0.5, 0.6) is 5.75 Å². The first-order chi connectivity index (χ1) is 8.17. The number of nitrogens with one attached hydrogen (secondary N) is 1. The number of benzene rings is 1. The molecule has 1 N–H and O–H groups in total. The molecule has 0 aliphatic rings. The van der Waals surface area contributed by atoms with Gasteiger partial charge in [0.25, 0.3) is 0 Å². The molecule has 0 spiro atoms. The van der Waals surface area contributed by atoms with E-state index in [4.69, 9.17) is 4.74 Å². The van der Waals surface area contributed by atoms with Crippen molar-refractivity contribution in [1.82, 2.24) is 10.2 Å². The highest BCUT2D eigenvalue weighted by Gasteiger charge is 2.04. The van der Waals surface area contributed by atoms with Gasteiger partial charge in [-0.05, 0) is 57.7 Å². The molecule has 3 nitrogen and oxygen atoms in total. The lowest BCUT2D eigenvalue weighted by atomic mass is 10.0. The van der Waals surface area contributed by atoms with Crippen LogP contribution >= 0.6 is 0 Å². The Morgan fingerprint density at radius 2 is 2.00 bits per heavy atom. The van der Waals surface area contributed by atoms with E-state index >= 15 is 0 Å². The summed E-state index contributed by atoms with van der Waals surface area (Å²) < 4.78 is 5.38. The highest BCUT2D eigenvalue weighted by molar-refractivity contribution is 5.37. The van der Waals surface area contributed by atoms with Gasteiger partial charge < -0.3 is 15.0 Å². The van der Waals surface area contributed by atoms with Crippen LogP contribution in [-0.2, 0) is 12.8 Å². The van der Waals surface area contributed by atoms with Crippen molar-refractivity contribution >= 4 is 0 Å². The first kappa shape index (κ1) is 14.0. The van der Waals surface area contributed by atoms with Crippen molar-refractivity contribution in [1.29, 1.82) is 0 Å². The summed E-state index contributed by atoms with van der Waals surface area (Å²) >= 11 is 0. The summed E-state index contributed by atoms with van der Waals surface area (Å²) in [4.78, 5) is 2.21. The Balaban J connectivity index is 2.73. The highest BCUT2D eigenvalue weighted by Crippen LogP contribution is 2.20. The predicted octanol–water partition coefficient (Wildman–Crippen LogP) is 1.56. The molecule has 96 valence electrons. The van der Waals surface area contributed by atoms with Crippen LogP contribution < -0.4 is 10.1 Å². The number of hydrogen-bond acceptors (Lipinski definition) is 3. The van der Waals surface area contributed by atoms with Gasteiger partial charge in [0, 0.05) is 6.54 Å². The molecule has 0 bridgehead atoms. The maximum absolute atomic E-state index is 5.38. The van der Waals surface area contributed by atoms with E-state index in [-0.39, 0.29) is 0 Å². The molecule has 0 amide bonds. The molecule has 0 aliphatic heterocycles. The molecule has 0 fully saturated rings. The van der Waals surface area contributed by atoms with E-state index in [1.165, 1.54) is 11.1 Å². The summed E-state index contributed by atoms with van der Waals surface area (Å²) in [5, 5.41) is 3.17. The first-order valence-electron chi connectivity index (χ1n) is 6.12. The molecule has 3 heteroatoms. The Kier molecular flexibility index (Phi) is 6.01. The maximum atomic E-state index is 5.38. The summed E-state index contributed by atoms with van der Waals surface area (Å²) in [7, 11) is 7.91. The van der Waals surface area contributed by atoms with Crippen LogP contribution in [0.15, 0.2) is 18.2 Å². The lowest BCUT2D eigenvalue weighted by Gasteiger charge is -2.13. The second kappa shape index (κ2) is 7.30. The summed E-state index contributed by atoms with van der Waals surface area (Å²) in [6.45, 7) is 2.06. The van der Waals surface area contributed by atoms with Crippen molar-refractivity contribution in [2.45, 2.75) is 12.8 Å². The molecule has 0 unspecified atom stereocenters. The van der Waals surface area contributed by atoms with Gasteiger partial charge in [-0.3, -0.25) is 0 Å². The molecule has 0 heterocycles. The fourth-order valence-electron chi connectivity index (χ4n) is 1.80. The van der Waals surface area contributed by atoms with E-state index in [1.807, 2.05) is 7.05 Å². The molecule has 1 aromatic carbocycles. The lowest BCUT2D eigenvalue weighted by molar-refractivity contribution is 0.406. The summed E-state index contributed by atoms with van der Waals surface area (Å²) in [5.41, 5.74) is 2.67. The molecule has 17 heavy (non-hydrogen) atoms. The molecule has 0 aliphatic carbocycles. The zero-order valence-electron chi connectivity index (χ0n) is 11.4. The van der Waals surface area contributed by atoms with E-state index in [0.29, 0.717) is 0 Å². The lowest BCUT2D eigenvalue weighted by Crippen LogP contribution is -2.15. The number of rotatable bonds is 7. The zero-order chi connectivity index (χ0) is 12.7. The quantitative estimate of drug-likeness (QED) is 0.777.